The Kier molecular flexibility index (Phi) is 41.1. The van der Waals surface area contributed by atoms with Crippen LogP contribution < -0.4 is 0 Å². The Morgan fingerprint density at radius 2 is 0.887 bits per heavy atom. The average molecular weight is 752 g/mol. The molecule has 0 radical (unpaired) electrons. The van der Waals surface area contributed by atoms with Crippen molar-refractivity contribution in [1.29, 1.82) is 0 Å². The Labute approximate surface area is 331 Å². The van der Waals surface area contributed by atoms with Crippen molar-refractivity contribution < 1.29 is 24.2 Å². The number of hydrogen-bond donors (Lipinski definition) is 1. The van der Waals surface area contributed by atoms with Crippen LogP contribution in [0.5, 0.6) is 0 Å². The van der Waals surface area contributed by atoms with E-state index >= 15 is 0 Å². The normalized spacial score (nSPS) is 12.2. The minimum Gasteiger partial charge on any atom is -0.466 e. The standard InChI is InChI=1S/C47H93NO5/c1-5-8-11-14-17-18-19-20-23-29-38-46(50)52-43-34-32-41-48(40-31-33-42-49)39-30-25-24-26-35-44(4)47(51)53-45(36-27-21-15-12-9-6-2)37-28-22-16-13-10-7-3/h44-45,49H,5-43H2,1-4H3. The maximum atomic E-state index is 13.1. The molecule has 6 nitrogen and oxygen atoms in total. The van der Waals surface area contributed by atoms with Crippen LogP contribution in [0.2, 0.25) is 0 Å². The summed E-state index contributed by atoms with van der Waals surface area (Å²) < 4.78 is 11.7. The molecule has 0 aromatic heterocycles. The molecular formula is C47H93NO5. The molecule has 0 heterocycles. The van der Waals surface area contributed by atoms with Crippen LogP contribution in [0.4, 0.5) is 0 Å². The molecule has 1 N–H and O–H groups in total. The highest BCUT2D eigenvalue weighted by atomic mass is 16.5. The summed E-state index contributed by atoms with van der Waals surface area (Å²) >= 11 is 0. The van der Waals surface area contributed by atoms with Crippen molar-refractivity contribution in [3.8, 4) is 0 Å². The lowest BCUT2D eigenvalue weighted by molar-refractivity contribution is -0.154. The summed E-state index contributed by atoms with van der Waals surface area (Å²) in [6, 6.07) is 0. The second-order valence-electron chi connectivity index (χ2n) is 16.4. The lowest BCUT2D eigenvalue weighted by Crippen LogP contribution is -2.27. The lowest BCUT2D eigenvalue weighted by atomic mass is 10.0. The zero-order chi connectivity index (χ0) is 38.9. The van der Waals surface area contributed by atoms with E-state index in [4.69, 9.17) is 9.47 Å². The van der Waals surface area contributed by atoms with Gasteiger partial charge in [0.2, 0.25) is 0 Å². The van der Waals surface area contributed by atoms with E-state index < -0.39 is 0 Å². The number of ether oxygens (including phenoxy) is 2. The van der Waals surface area contributed by atoms with Crippen molar-refractivity contribution in [2.24, 2.45) is 5.92 Å². The van der Waals surface area contributed by atoms with Crippen LogP contribution in [0.15, 0.2) is 0 Å². The predicted octanol–water partition coefficient (Wildman–Crippen LogP) is 13.7. The first-order valence-corrected chi connectivity index (χ1v) is 23.7. The van der Waals surface area contributed by atoms with Crippen molar-refractivity contribution >= 4 is 11.9 Å². The molecule has 53 heavy (non-hydrogen) atoms. The SMILES string of the molecule is CCCCCCCCCCCCC(=O)OCCCCN(CCCCO)CCCCCCC(C)C(=O)OC(CCCCCCCC)CCCCCCCC. The first-order chi connectivity index (χ1) is 26.0. The number of unbranched alkanes of at least 4 members (excludes halogenated alkanes) is 24. The van der Waals surface area contributed by atoms with E-state index in [1.165, 1.54) is 135 Å². The molecule has 0 aromatic rings. The van der Waals surface area contributed by atoms with Gasteiger partial charge >= 0.3 is 11.9 Å². The molecule has 0 bridgehead atoms. The Balaban J connectivity index is 4.23. The first-order valence-electron chi connectivity index (χ1n) is 23.7. The topological polar surface area (TPSA) is 76.1 Å². The summed E-state index contributed by atoms with van der Waals surface area (Å²) in [7, 11) is 0. The first kappa shape index (κ1) is 51.9. The number of rotatable bonds is 43. The van der Waals surface area contributed by atoms with Crippen molar-refractivity contribution in [2.45, 2.75) is 252 Å². The van der Waals surface area contributed by atoms with Gasteiger partial charge in [0.1, 0.15) is 6.10 Å². The molecule has 0 saturated heterocycles. The summed E-state index contributed by atoms with van der Waals surface area (Å²) in [5, 5.41) is 9.28. The summed E-state index contributed by atoms with van der Waals surface area (Å²) in [5.41, 5.74) is 0. The monoisotopic (exact) mass is 752 g/mol. The molecule has 1 atom stereocenters. The molecule has 0 fully saturated rings. The maximum absolute atomic E-state index is 13.1. The minimum atomic E-state index is -0.0342. The number of carbonyl (C=O) groups excluding carboxylic acids is 2. The second kappa shape index (κ2) is 42.0. The highest BCUT2D eigenvalue weighted by Gasteiger charge is 2.19. The molecule has 1 unspecified atom stereocenters. The fourth-order valence-electron chi connectivity index (χ4n) is 7.34. The van der Waals surface area contributed by atoms with E-state index in [-0.39, 0.29) is 30.6 Å². The van der Waals surface area contributed by atoms with Crippen LogP contribution in [0.1, 0.15) is 246 Å². The maximum Gasteiger partial charge on any atom is 0.308 e. The number of aliphatic hydroxyl groups is 1. The van der Waals surface area contributed by atoms with Gasteiger partial charge in [-0.1, -0.05) is 169 Å². The number of carbonyl (C=O) groups is 2. The molecule has 0 aliphatic rings. The molecule has 0 amide bonds. The molecule has 316 valence electrons. The smallest absolute Gasteiger partial charge is 0.308 e. The van der Waals surface area contributed by atoms with E-state index in [0.717, 1.165) is 96.7 Å². The van der Waals surface area contributed by atoms with Gasteiger partial charge in [-0.3, -0.25) is 9.59 Å². The third-order valence-corrected chi connectivity index (χ3v) is 11.1. The zero-order valence-electron chi connectivity index (χ0n) is 36.3. The van der Waals surface area contributed by atoms with E-state index in [9.17, 15) is 14.7 Å². The van der Waals surface area contributed by atoms with E-state index in [1.54, 1.807) is 0 Å². The molecule has 0 aromatic carbocycles. The van der Waals surface area contributed by atoms with Crippen molar-refractivity contribution in [1.82, 2.24) is 4.90 Å². The fourth-order valence-corrected chi connectivity index (χ4v) is 7.34. The summed E-state index contributed by atoms with van der Waals surface area (Å²) in [6.07, 6.45) is 40.1. The number of nitrogens with zero attached hydrogens (tertiary/aromatic N) is 1. The lowest BCUT2D eigenvalue weighted by Gasteiger charge is -2.22. The van der Waals surface area contributed by atoms with Crippen molar-refractivity contribution in [2.75, 3.05) is 32.8 Å². The Morgan fingerprint density at radius 1 is 0.491 bits per heavy atom. The average Bonchev–Trinajstić information content (AvgIpc) is 3.15. The van der Waals surface area contributed by atoms with Gasteiger partial charge < -0.3 is 19.5 Å². The van der Waals surface area contributed by atoms with Gasteiger partial charge in [0, 0.05) is 13.0 Å². The van der Waals surface area contributed by atoms with Gasteiger partial charge in [-0.2, -0.15) is 0 Å². The van der Waals surface area contributed by atoms with E-state index in [0.29, 0.717) is 13.0 Å². The summed E-state index contributed by atoms with van der Waals surface area (Å²) in [4.78, 5) is 27.8. The summed E-state index contributed by atoms with van der Waals surface area (Å²) in [5.74, 6) is -0.0369. The van der Waals surface area contributed by atoms with E-state index in [2.05, 4.69) is 32.6 Å². The largest absolute Gasteiger partial charge is 0.466 e. The molecule has 0 spiro atoms. The molecule has 0 aliphatic carbocycles. The third-order valence-electron chi connectivity index (χ3n) is 11.1. The molecule has 0 aliphatic heterocycles. The Bertz CT molecular complexity index is 745. The van der Waals surface area contributed by atoms with Crippen LogP contribution in [0.25, 0.3) is 0 Å². The highest BCUT2D eigenvalue weighted by molar-refractivity contribution is 5.72. The van der Waals surface area contributed by atoms with Crippen molar-refractivity contribution in [3.63, 3.8) is 0 Å². The minimum absolute atomic E-state index is 0.0199. The number of hydrogen-bond acceptors (Lipinski definition) is 6. The molecular weight excluding hydrogens is 659 g/mol. The fraction of sp³-hybridized carbons (Fsp3) is 0.957. The second-order valence-corrected chi connectivity index (χ2v) is 16.4. The van der Waals surface area contributed by atoms with Crippen LogP contribution in [0, 0.1) is 5.92 Å². The van der Waals surface area contributed by atoms with Gasteiger partial charge in [-0.25, -0.2) is 0 Å². The van der Waals surface area contributed by atoms with Crippen LogP contribution in [-0.4, -0.2) is 60.9 Å². The third kappa shape index (κ3) is 37.6. The molecule has 0 rings (SSSR count). The van der Waals surface area contributed by atoms with Crippen LogP contribution in [-0.2, 0) is 19.1 Å². The molecule has 0 saturated carbocycles. The van der Waals surface area contributed by atoms with Gasteiger partial charge in [0.05, 0.1) is 12.5 Å². The predicted molar refractivity (Wildman–Crippen MR) is 228 cm³/mol. The van der Waals surface area contributed by atoms with Gasteiger partial charge in [0.25, 0.3) is 0 Å². The Hall–Kier alpha value is -1.14. The van der Waals surface area contributed by atoms with E-state index in [1.807, 2.05) is 0 Å². The number of aliphatic hydroxyl groups excluding tert-OH is 1. The van der Waals surface area contributed by atoms with Gasteiger partial charge in [-0.05, 0) is 90.3 Å². The number of esters is 2. The van der Waals surface area contributed by atoms with Gasteiger partial charge in [0.15, 0.2) is 0 Å². The highest BCUT2D eigenvalue weighted by Crippen LogP contribution is 2.20. The van der Waals surface area contributed by atoms with Crippen LogP contribution in [0.3, 0.4) is 0 Å². The molecule has 6 heteroatoms. The van der Waals surface area contributed by atoms with Gasteiger partial charge in [-0.15, -0.1) is 0 Å². The zero-order valence-corrected chi connectivity index (χ0v) is 36.3. The van der Waals surface area contributed by atoms with Crippen molar-refractivity contribution in [3.05, 3.63) is 0 Å². The quantitative estimate of drug-likeness (QED) is 0.0494. The Morgan fingerprint density at radius 3 is 1.38 bits per heavy atom. The summed E-state index contributed by atoms with van der Waals surface area (Å²) in [6.45, 7) is 12.7. The van der Waals surface area contributed by atoms with Crippen LogP contribution >= 0.6 is 0 Å².